The summed E-state index contributed by atoms with van der Waals surface area (Å²) in [6.45, 7) is 4.22. The monoisotopic (exact) mass is 251 g/mol. The van der Waals surface area contributed by atoms with Gasteiger partial charge in [0.25, 0.3) is 5.91 Å². The maximum Gasteiger partial charge on any atom is 0.257 e. The number of carbonyl (C=O) groups excluding carboxylic acids is 1. The second-order valence-corrected chi connectivity index (χ2v) is 5.07. The van der Waals surface area contributed by atoms with Crippen molar-refractivity contribution in [2.75, 3.05) is 13.1 Å². The second kappa shape index (κ2) is 4.69. The maximum atomic E-state index is 13.8. The number of likely N-dealkylation sites (tertiary alicyclic amines) is 1. The first-order chi connectivity index (χ1) is 8.47. The van der Waals surface area contributed by atoms with Crippen LogP contribution in [-0.2, 0) is 0 Å². The van der Waals surface area contributed by atoms with Crippen LogP contribution in [0.1, 0.15) is 35.7 Å². The Labute approximate surface area is 106 Å². The highest BCUT2D eigenvalue weighted by Crippen LogP contribution is 2.28. The lowest BCUT2D eigenvalue weighted by Gasteiger charge is -2.46. The zero-order valence-corrected chi connectivity index (χ0v) is 10.7. The van der Waals surface area contributed by atoms with Gasteiger partial charge in [-0.05, 0) is 25.0 Å². The number of β-amino-alcohol motifs (C(OH)–C–C–N with tert-alkyl or cyclic N) is 1. The lowest BCUT2D eigenvalue weighted by atomic mass is 9.88. The molecule has 3 nitrogen and oxygen atoms in total. The molecule has 1 heterocycles. The average molecular weight is 251 g/mol. The summed E-state index contributed by atoms with van der Waals surface area (Å²) in [5.41, 5.74) is -0.219. The molecule has 98 valence electrons. The molecule has 4 heteroatoms. The van der Waals surface area contributed by atoms with Crippen LogP contribution < -0.4 is 0 Å². The van der Waals surface area contributed by atoms with E-state index in [9.17, 15) is 14.3 Å². The van der Waals surface area contributed by atoms with Crippen molar-refractivity contribution < 1.29 is 14.3 Å². The van der Waals surface area contributed by atoms with E-state index in [0.717, 1.165) is 6.42 Å². The maximum absolute atomic E-state index is 13.8. The standard InChI is InChI=1S/C14H18FNO2/c1-3-7-14(18)8-16(9-14)13(17)11-6-4-5-10(2)12(11)15/h4-6,18H,3,7-9H2,1-2H3. The third-order valence-electron chi connectivity index (χ3n) is 3.40. The number of benzene rings is 1. The highest BCUT2D eigenvalue weighted by Gasteiger charge is 2.43. The van der Waals surface area contributed by atoms with Gasteiger partial charge in [0, 0.05) is 0 Å². The molecule has 0 aliphatic carbocycles. The van der Waals surface area contributed by atoms with E-state index in [1.807, 2.05) is 6.92 Å². The van der Waals surface area contributed by atoms with Crippen LogP contribution in [0.3, 0.4) is 0 Å². The van der Waals surface area contributed by atoms with Gasteiger partial charge in [-0.3, -0.25) is 4.79 Å². The molecular formula is C14H18FNO2. The minimum absolute atomic E-state index is 0.0912. The highest BCUT2D eigenvalue weighted by molar-refractivity contribution is 5.95. The number of rotatable bonds is 3. The molecule has 0 bridgehead atoms. The Bertz CT molecular complexity index is 467. The molecule has 18 heavy (non-hydrogen) atoms. The summed E-state index contributed by atoms with van der Waals surface area (Å²) in [7, 11) is 0. The summed E-state index contributed by atoms with van der Waals surface area (Å²) in [4.78, 5) is 13.6. The fourth-order valence-corrected chi connectivity index (χ4v) is 2.41. The van der Waals surface area contributed by atoms with Gasteiger partial charge in [-0.25, -0.2) is 4.39 Å². The lowest BCUT2D eigenvalue weighted by Crippen LogP contribution is -2.63. The fraction of sp³-hybridized carbons (Fsp3) is 0.500. The van der Waals surface area contributed by atoms with Gasteiger partial charge in [0.15, 0.2) is 0 Å². The molecule has 2 rings (SSSR count). The lowest BCUT2D eigenvalue weighted by molar-refractivity contribution is -0.0861. The van der Waals surface area contributed by atoms with Crippen molar-refractivity contribution in [3.63, 3.8) is 0 Å². The zero-order valence-electron chi connectivity index (χ0n) is 10.7. The first-order valence-electron chi connectivity index (χ1n) is 6.23. The fourth-order valence-electron chi connectivity index (χ4n) is 2.41. The quantitative estimate of drug-likeness (QED) is 0.894. The van der Waals surface area contributed by atoms with Gasteiger partial charge in [-0.15, -0.1) is 0 Å². The van der Waals surface area contributed by atoms with Crippen molar-refractivity contribution in [2.24, 2.45) is 0 Å². The minimum Gasteiger partial charge on any atom is -0.386 e. The number of carbonyl (C=O) groups is 1. The Morgan fingerprint density at radius 2 is 2.17 bits per heavy atom. The van der Waals surface area contributed by atoms with Crippen LogP contribution in [0.25, 0.3) is 0 Å². The van der Waals surface area contributed by atoms with Crippen molar-refractivity contribution in [1.29, 1.82) is 0 Å². The molecule has 1 aromatic rings. The van der Waals surface area contributed by atoms with Gasteiger partial charge in [0.2, 0.25) is 0 Å². The molecule has 0 atom stereocenters. The molecule has 1 N–H and O–H groups in total. The smallest absolute Gasteiger partial charge is 0.257 e. The summed E-state index contributed by atoms with van der Waals surface area (Å²) in [6.07, 6.45) is 1.55. The molecular weight excluding hydrogens is 233 g/mol. The van der Waals surface area contributed by atoms with Gasteiger partial charge in [-0.2, -0.15) is 0 Å². The third-order valence-corrected chi connectivity index (χ3v) is 3.40. The summed E-state index contributed by atoms with van der Waals surface area (Å²) in [5, 5.41) is 10.0. The van der Waals surface area contributed by atoms with Crippen molar-refractivity contribution >= 4 is 5.91 Å². The van der Waals surface area contributed by atoms with Crippen LogP contribution in [0.15, 0.2) is 18.2 Å². The number of aryl methyl sites for hydroxylation is 1. The number of halogens is 1. The van der Waals surface area contributed by atoms with E-state index in [1.165, 1.54) is 11.0 Å². The van der Waals surface area contributed by atoms with Crippen LogP contribution in [-0.4, -0.2) is 34.6 Å². The van der Waals surface area contributed by atoms with E-state index in [-0.39, 0.29) is 11.5 Å². The van der Waals surface area contributed by atoms with Crippen LogP contribution in [0, 0.1) is 12.7 Å². The number of aliphatic hydroxyl groups is 1. The number of hydrogen-bond acceptors (Lipinski definition) is 2. The van der Waals surface area contributed by atoms with E-state index in [2.05, 4.69) is 0 Å². The minimum atomic E-state index is -0.773. The van der Waals surface area contributed by atoms with Gasteiger partial charge in [0.1, 0.15) is 5.82 Å². The Kier molecular flexibility index (Phi) is 3.39. The van der Waals surface area contributed by atoms with Crippen LogP contribution >= 0.6 is 0 Å². The second-order valence-electron chi connectivity index (χ2n) is 5.07. The summed E-state index contributed by atoms with van der Waals surface area (Å²) in [5.74, 6) is -0.801. The topological polar surface area (TPSA) is 40.5 Å². The first-order valence-corrected chi connectivity index (χ1v) is 6.23. The molecule has 1 saturated heterocycles. The number of amides is 1. The third kappa shape index (κ3) is 2.25. The van der Waals surface area contributed by atoms with Crippen molar-refractivity contribution in [3.05, 3.63) is 35.1 Å². The Morgan fingerprint density at radius 3 is 2.78 bits per heavy atom. The van der Waals surface area contributed by atoms with E-state index in [4.69, 9.17) is 0 Å². The zero-order chi connectivity index (χ0) is 13.3. The van der Waals surface area contributed by atoms with Crippen molar-refractivity contribution in [1.82, 2.24) is 4.90 Å². The summed E-state index contributed by atoms with van der Waals surface area (Å²) >= 11 is 0. The summed E-state index contributed by atoms with van der Waals surface area (Å²) in [6, 6.07) is 4.79. The SMILES string of the molecule is CCCC1(O)CN(C(=O)c2cccc(C)c2F)C1. The molecule has 0 saturated carbocycles. The van der Waals surface area contributed by atoms with Gasteiger partial charge in [0.05, 0.1) is 24.3 Å². The number of nitrogens with zero attached hydrogens (tertiary/aromatic N) is 1. The molecule has 0 spiro atoms. The van der Waals surface area contributed by atoms with Crippen LogP contribution in [0.5, 0.6) is 0 Å². The predicted octanol–water partition coefficient (Wildman–Crippen LogP) is 2.12. The highest BCUT2D eigenvalue weighted by atomic mass is 19.1. The molecule has 1 amide bonds. The van der Waals surface area contributed by atoms with Gasteiger partial charge < -0.3 is 10.0 Å². The molecule has 1 aliphatic rings. The van der Waals surface area contributed by atoms with E-state index in [0.29, 0.717) is 25.1 Å². The Hall–Kier alpha value is -1.42. The van der Waals surface area contributed by atoms with E-state index in [1.54, 1.807) is 19.1 Å². The van der Waals surface area contributed by atoms with Crippen molar-refractivity contribution in [3.8, 4) is 0 Å². The molecule has 0 unspecified atom stereocenters. The largest absolute Gasteiger partial charge is 0.386 e. The average Bonchev–Trinajstić information content (AvgIpc) is 2.29. The van der Waals surface area contributed by atoms with E-state index >= 15 is 0 Å². The molecule has 1 aromatic carbocycles. The first kappa shape index (κ1) is 13.0. The molecule has 0 aromatic heterocycles. The van der Waals surface area contributed by atoms with Gasteiger partial charge in [-0.1, -0.05) is 25.5 Å². The normalized spacial score (nSPS) is 17.4. The van der Waals surface area contributed by atoms with E-state index < -0.39 is 11.4 Å². The molecule has 1 aliphatic heterocycles. The molecule has 1 fully saturated rings. The molecule has 0 radical (unpaired) electrons. The summed E-state index contributed by atoms with van der Waals surface area (Å²) < 4.78 is 13.8. The van der Waals surface area contributed by atoms with Crippen LogP contribution in [0.4, 0.5) is 4.39 Å². The number of hydrogen-bond donors (Lipinski definition) is 1. The Balaban J connectivity index is 2.08. The Morgan fingerprint density at radius 1 is 1.50 bits per heavy atom. The predicted molar refractivity (Wildman–Crippen MR) is 66.9 cm³/mol. The van der Waals surface area contributed by atoms with Crippen molar-refractivity contribution in [2.45, 2.75) is 32.3 Å². The van der Waals surface area contributed by atoms with Gasteiger partial charge >= 0.3 is 0 Å². The van der Waals surface area contributed by atoms with Crippen LogP contribution in [0.2, 0.25) is 0 Å².